The molecule has 1 saturated carbocycles. The van der Waals surface area contributed by atoms with E-state index in [9.17, 15) is 9.59 Å². The molecule has 4 aromatic rings. The van der Waals surface area contributed by atoms with Crippen molar-refractivity contribution in [3.05, 3.63) is 107 Å². The van der Waals surface area contributed by atoms with Gasteiger partial charge >= 0.3 is 12.1 Å². The van der Waals surface area contributed by atoms with Crippen molar-refractivity contribution in [3.8, 4) is 34.1 Å². The molecule has 0 N–H and O–H groups in total. The van der Waals surface area contributed by atoms with Gasteiger partial charge in [0, 0.05) is 12.3 Å². The Bertz CT molecular complexity index is 1560. The highest BCUT2D eigenvalue weighted by molar-refractivity contribution is 5.71. The van der Waals surface area contributed by atoms with E-state index in [1.807, 2.05) is 74.5 Å². The van der Waals surface area contributed by atoms with E-state index < -0.39 is 6.16 Å². The molecule has 1 fully saturated rings. The van der Waals surface area contributed by atoms with Crippen molar-refractivity contribution in [1.82, 2.24) is 0 Å². The molecule has 4 aromatic carbocycles. The molecular weight excluding hydrogens is 528 g/mol. The van der Waals surface area contributed by atoms with Crippen LogP contribution in [0.15, 0.2) is 84.9 Å². The van der Waals surface area contributed by atoms with Gasteiger partial charge < -0.3 is 18.9 Å². The third-order valence-corrected chi connectivity index (χ3v) is 8.08. The summed E-state index contributed by atoms with van der Waals surface area (Å²) in [4.78, 5) is 24.0. The van der Waals surface area contributed by atoms with Gasteiger partial charge in [-0.25, -0.2) is 4.79 Å². The lowest BCUT2D eigenvalue weighted by Gasteiger charge is -2.38. The van der Waals surface area contributed by atoms with Gasteiger partial charge in [-0.15, -0.1) is 0 Å². The summed E-state index contributed by atoms with van der Waals surface area (Å²) in [7, 11) is 1.66. The Morgan fingerprint density at radius 3 is 1.60 bits per heavy atom. The van der Waals surface area contributed by atoms with Crippen molar-refractivity contribution in [2.24, 2.45) is 0 Å². The maximum atomic E-state index is 12.7. The van der Waals surface area contributed by atoms with Gasteiger partial charge in [0.2, 0.25) is 0 Å². The van der Waals surface area contributed by atoms with Crippen LogP contribution in [0.2, 0.25) is 0 Å². The topological polar surface area (TPSA) is 71.1 Å². The van der Waals surface area contributed by atoms with Crippen molar-refractivity contribution in [1.29, 1.82) is 0 Å². The van der Waals surface area contributed by atoms with Crippen LogP contribution in [-0.4, -0.2) is 19.2 Å². The summed E-state index contributed by atoms with van der Waals surface area (Å²) >= 11 is 0. The van der Waals surface area contributed by atoms with Gasteiger partial charge in [0.1, 0.15) is 23.0 Å². The van der Waals surface area contributed by atoms with Crippen LogP contribution in [0.3, 0.4) is 0 Å². The van der Waals surface area contributed by atoms with Gasteiger partial charge in [0.25, 0.3) is 0 Å². The van der Waals surface area contributed by atoms with E-state index in [1.165, 1.54) is 24.5 Å². The predicted molar refractivity (Wildman–Crippen MR) is 163 cm³/mol. The van der Waals surface area contributed by atoms with Gasteiger partial charge in [-0.3, -0.25) is 4.79 Å². The second kappa shape index (κ2) is 12.5. The van der Waals surface area contributed by atoms with E-state index in [-0.39, 0.29) is 11.4 Å². The molecule has 0 aromatic heterocycles. The molecule has 6 nitrogen and oxygen atoms in total. The van der Waals surface area contributed by atoms with E-state index in [2.05, 4.69) is 18.2 Å². The van der Waals surface area contributed by atoms with Gasteiger partial charge in [-0.2, -0.15) is 0 Å². The summed E-state index contributed by atoms with van der Waals surface area (Å²) in [6, 6.07) is 27.2. The Morgan fingerprint density at radius 1 is 0.619 bits per heavy atom. The summed E-state index contributed by atoms with van der Waals surface area (Å²) < 4.78 is 21.7. The second-order valence-electron chi connectivity index (χ2n) is 10.9. The summed E-state index contributed by atoms with van der Waals surface area (Å²) in [5.41, 5.74) is 6.17. The molecule has 0 bridgehead atoms. The molecule has 0 unspecified atom stereocenters. The minimum absolute atomic E-state index is 0.146. The number of aryl methyl sites for hydroxylation is 2. The number of esters is 1. The number of benzene rings is 4. The van der Waals surface area contributed by atoms with E-state index in [0.29, 0.717) is 17.2 Å². The minimum Gasteiger partial charge on any atom is -0.496 e. The van der Waals surface area contributed by atoms with Crippen LogP contribution in [0, 0.1) is 13.8 Å². The summed E-state index contributed by atoms with van der Waals surface area (Å²) in [5.74, 6) is 1.92. The Hall–Kier alpha value is -4.58. The highest BCUT2D eigenvalue weighted by Gasteiger charge is 2.35. The lowest BCUT2D eigenvalue weighted by molar-refractivity contribution is -0.131. The minimum atomic E-state index is -0.785. The molecular formula is C36H36O6. The molecule has 0 heterocycles. The predicted octanol–water partition coefficient (Wildman–Crippen LogP) is 8.73. The lowest BCUT2D eigenvalue weighted by Crippen LogP contribution is -2.30. The Kier molecular flexibility index (Phi) is 8.62. The first-order valence-electron chi connectivity index (χ1n) is 14.3. The van der Waals surface area contributed by atoms with Crippen LogP contribution < -0.4 is 18.9 Å². The highest BCUT2D eigenvalue weighted by Crippen LogP contribution is 2.45. The third-order valence-electron chi connectivity index (χ3n) is 8.08. The number of rotatable bonds is 7. The quantitative estimate of drug-likeness (QED) is 0.127. The van der Waals surface area contributed by atoms with Crippen LogP contribution in [0.5, 0.6) is 23.0 Å². The van der Waals surface area contributed by atoms with Crippen molar-refractivity contribution in [3.63, 3.8) is 0 Å². The van der Waals surface area contributed by atoms with E-state index in [1.54, 1.807) is 13.2 Å². The van der Waals surface area contributed by atoms with Crippen LogP contribution in [-0.2, 0) is 10.2 Å². The van der Waals surface area contributed by atoms with Crippen LogP contribution >= 0.6 is 0 Å². The number of hydrogen-bond acceptors (Lipinski definition) is 6. The fourth-order valence-electron chi connectivity index (χ4n) is 5.96. The Balaban J connectivity index is 1.28. The standard InChI is InChI=1S/C36H36O6/c1-24-22-27(8-18-33(24)39-4)28-9-19-34(25(2)23-28)42-35(38)41-32-16-12-30(13-17-32)36(20-6-5-7-21-36)29-10-14-31(15-11-29)40-26(3)37/h8-19,22-23H,5-7,20-21H2,1-4H3. The van der Waals surface area contributed by atoms with Crippen LogP contribution in [0.1, 0.15) is 61.3 Å². The largest absolute Gasteiger partial charge is 0.519 e. The molecule has 0 aliphatic heterocycles. The smallest absolute Gasteiger partial charge is 0.496 e. The van der Waals surface area contributed by atoms with E-state index in [4.69, 9.17) is 18.9 Å². The average molecular weight is 565 g/mol. The summed E-state index contributed by atoms with van der Waals surface area (Å²) in [6.45, 7) is 5.31. The first kappa shape index (κ1) is 28.9. The molecule has 0 radical (unpaired) electrons. The molecule has 0 spiro atoms. The summed E-state index contributed by atoms with van der Waals surface area (Å²) in [6.07, 6.45) is 4.73. The van der Waals surface area contributed by atoms with Gasteiger partial charge in [0.05, 0.1) is 7.11 Å². The van der Waals surface area contributed by atoms with Gasteiger partial charge in [-0.1, -0.05) is 55.7 Å². The average Bonchev–Trinajstić information content (AvgIpc) is 2.99. The maximum absolute atomic E-state index is 12.7. The monoisotopic (exact) mass is 564 g/mol. The van der Waals surface area contributed by atoms with Crippen molar-refractivity contribution in [2.75, 3.05) is 7.11 Å². The zero-order chi connectivity index (χ0) is 29.7. The molecule has 6 heteroatoms. The molecule has 1 aliphatic rings. The van der Waals surface area contributed by atoms with Gasteiger partial charge in [-0.05, 0) is 109 Å². The first-order valence-corrected chi connectivity index (χ1v) is 14.3. The number of hydrogen-bond donors (Lipinski definition) is 0. The van der Waals surface area contributed by atoms with Crippen LogP contribution in [0.4, 0.5) is 4.79 Å². The Morgan fingerprint density at radius 2 is 1.12 bits per heavy atom. The highest BCUT2D eigenvalue weighted by atomic mass is 16.7. The first-order chi connectivity index (χ1) is 20.3. The zero-order valence-electron chi connectivity index (χ0n) is 24.6. The molecule has 0 atom stereocenters. The number of methoxy groups -OCH3 is 1. The van der Waals surface area contributed by atoms with Gasteiger partial charge in [0.15, 0.2) is 0 Å². The van der Waals surface area contributed by atoms with Crippen molar-refractivity contribution < 1.29 is 28.5 Å². The molecule has 42 heavy (non-hydrogen) atoms. The number of ether oxygens (including phenoxy) is 4. The third kappa shape index (κ3) is 6.33. The lowest BCUT2D eigenvalue weighted by atomic mass is 9.65. The number of carbonyl (C=O) groups excluding carboxylic acids is 2. The van der Waals surface area contributed by atoms with Crippen molar-refractivity contribution >= 4 is 12.1 Å². The molecule has 216 valence electrons. The molecule has 0 amide bonds. The van der Waals surface area contributed by atoms with E-state index >= 15 is 0 Å². The van der Waals surface area contributed by atoms with E-state index in [0.717, 1.165) is 53.7 Å². The normalized spacial score (nSPS) is 14.1. The molecule has 1 aliphatic carbocycles. The van der Waals surface area contributed by atoms with Crippen LogP contribution in [0.25, 0.3) is 11.1 Å². The fourth-order valence-corrected chi connectivity index (χ4v) is 5.96. The molecule has 5 rings (SSSR count). The second-order valence-corrected chi connectivity index (χ2v) is 10.9. The summed E-state index contributed by atoms with van der Waals surface area (Å²) in [5, 5.41) is 0. The fraction of sp³-hybridized carbons (Fsp3) is 0.278. The van der Waals surface area contributed by atoms with Crippen molar-refractivity contribution in [2.45, 2.75) is 58.3 Å². The zero-order valence-corrected chi connectivity index (χ0v) is 24.6. The molecule has 0 saturated heterocycles. The maximum Gasteiger partial charge on any atom is 0.519 e. The number of carbonyl (C=O) groups is 2. The Labute approximate surface area is 247 Å². The SMILES string of the molecule is COc1ccc(-c2ccc(OC(=O)Oc3ccc(C4(c5ccc(OC(C)=O)cc5)CCCCC4)cc3)c(C)c2)cc1C.